The summed E-state index contributed by atoms with van der Waals surface area (Å²) in [6.07, 6.45) is 1.50. The van der Waals surface area contributed by atoms with Gasteiger partial charge in [0.25, 0.3) is 0 Å². The van der Waals surface area contributed by atoms with Gasteiger partial charge in [0.1, 0.15) is 6.54 Å². The molecule has 182 valence electrons. The number of esters is 1. The number of nitrogens with one attached hydrogen (secondary N) is 1. The van der Waals surface area contributed by atoms with Gasteiger partial charge in [-0.05, 0) is 37.5 Å². The Morgan fingerprint density at radius 3 is 2.06 bits per heavy atom. The van der Waals surface area contributed by atoms with E-state index in [1.807, 2.05) is 0 Å². The smallest absolute Gasteiger partial charge is 0.321 e. The fraction of sp³-hybridized carbons (Fsp3) is 0.333. The lowest BCUT2D eigenvalue weighted by Gasteiger charge is -2.16. The van der Waals surface area contributed by atoms with Gasteiger partial charge in [-0.2, -0.15) is 4.31 Å². The molecule has 9 nitrogen and oxygen atoms in total. The number of amides is 1. The summed E-state index contributed by atoms with van der Waals surface area (Å²) < 4.78 is 31.0. The van der Waals surface area contributed by atoms with Gasteiger partial charge in [-0.3, -0.25) is 19.2 Å². The first-order valence-electron chi connectivity index (χ1n) is 10.6. The van der Waals surface area contributed by atoms with Crippen molar-refractivity contribution in [2.75, 3.05) is 26.7 Å². The van der Waals surface area contributed by atoms with E-state index in [4.69, 9.17) is 4.74 Å². The molecule has 0 heterocycles. The van der Waals surface area contributed by atoms with Crippen molar-refractivity contribution in [1.29, 1.82) is 0 Å². The van der Waals surface area contributed by atoms with Gasteiger partial charge in [-0.15, -0.1) is 0 Å². The third-order valence-electron chi connectivity index (χ3n) is 4.98. The van der Waals surface area contributed by atoms with Crippen LogP contribution >= 0.6 is 0 Å². The van der Waals surface area contributed by atoms with Crippen molar-refractivity contribution in [3.8, 4) is 0 Å². The lowest BCUT2D eigenvalue weighted by atomic mass is 10.1. The van der Waals surface area contributed by atoms with Crippen LogP contribution in [0.2, 0.25) is 0 Å². The molecule has 0 saturated carbocycles. The first kappa shape index (κ1) is 26.9. The number of hydrogen-bond donors (Lipinski definition) is 1. The van der Waals surface area contributed by atoms with E-state index in [0.717, 1.165) is 22.7 Å². The lowest BCUT2D eigenvalue weighted by Crippen LogP contribution is -2.33. The van der Waals surface area contributed by atoms with Crippen LogP contribution in [0.1, 0.15) is 46.5 Å². The Bertz CT molecular complexity index is 1140. The second kappa shape index (κ2) is 12.2. The summed E-state index contributed by atoms with van der Waals surface area (Å²) in [5.41, 5.74) is 1.74. The van der Waals surface area contributed by atoms with Crippen molar-refractivity contribution >= 4 is 33.5 Å². The molecule has 10 heteroatoms. The molecular weight excluding hydrogens is 460 g/mol. The maximum atomic E-state index is 12.6. The Balaban J connectivity index is 1.85. The Morgan fingerprint density at radius 2 is 1.50 bits per heavy atom. The minimum atomic E-state index is -3.97. The summed E-state index contributed by atoms with van der Waals surface area (Å²) in [5, 5.41) is 2.72. The van der Waals surface area contributed by atoms with Crippen LogP contribution in [0, 0.1) is 0 Å². The fourth-order valence-corrected chi connectivity index (χ4v) is 4.11. The van der Waals surface area contributed by atoms with Crippen molar-refractivity contribution < 1.29 is 32.3 Å². The maximum absolute atomic E-state index is 12.6. The largest absolute Gasteiger partial charge is 0.456 e. The zero-order chi connectivity index (χ0) is 25.3. The van der Waals surface area contributed by atoms with Gasteiger partial charge in [0, 0.05) is 31.6 Å². The number of likely N-dealkylation sites (N-methyl/N-ethyl adjacent to an activating group) is 1. The van der Waals surface area contributed by atoms with Crippen LogP contribution < -0.4 is 5.32 Å². The highest BCUT2D eigenvalue weighted by atomic mass is 32.2. The van der Waals surface area contributed by atoms with E-state index in [2.05, 4.69) is 5.32 Å². The van der Waals surface area contributed by atoms with E-state index < -0.39 is 34.9 Å². The fourth-order valence-electron chi connectivity index (χ4n) is 3.00. The molecule has 0 aromatic heterocycles. The topological polar surface area (TPSA) is 127 Å². The Labute approximate surface area is 199 Å². The van der Waals surface area contributed by atoms with Gasteiger partial charge in [0.2, 0.25) is 15.9 Å². The summed E-state index contributed by atoms with van der Waals surface area (Å²) >= 11 is 0. The molecule has 2 aromatic rings. The van der Waals surface area contributed by atoms with Crippen molar-refractivity contribution in [3.05, 3.63) is 65.2 Å². The average molecular weight is 489 g/mol. The quantitative estimate of drug-likeness (QED) is 0.275. The molecule has 0 aliphatic heterocycles. The molecule has 0 atom stereocenters. The van der Waals surface area contributed by atoms with Gasteiger partial charge in [0.05, 0.1) is 4.90 Å². The normalized spacial score (nSPS) is 11.2. The number of aryl methyl sites for hydroxylation is 1. The van der Waals surface area contributed by atoms with E-state index in [1.54, 1.807) is 24.3 Å². The number of Topliss-reactive ketones (excluding diaryl/α,β-unsaturated/α-hetero) is 2. The Kier molecular flexibility index (Phi) is 9.64. The highest BCUT2D eigenvalue weighted by Crippen LogP contribution is 2.15. The van der Waals surface area contributed by atoms with Crippen LogP contribution in [-0.4, -0.2) is 62.9 Å². The predicted molar refractivity (Wildman–Crippen MR) is 125 cm³/mol. The first-order valence-corrected chi connectivity index (χ1v) is 12.0. The molecule has 2 aromatic carbocycles. The molecule has 0 radical (unpaired) electrons. The standard InChI is InChI=1S/C24H28N2O7S/c1-17(27)20-10-12-22(13-11-20)34(31,32)26(3)15-24(30)33-16-23(29)21-8-6-19(7-9-21)5-4-14-25-18(2)28/h6-13H,4-5,14-16H2,1-3H3,(H,25,28). The second-order valence-electron chi connectivity index (χ2n) is 7.71. The zero-order valence-electron chi connectivity index (χ0n) is 19.4. The Hall–Kier alpha value is -3.37. The maximum Gasteiger partial charge on any atom is 0.321 e. The first-order chi connectivity index (χ1) is 16.0. The molecule has 1 amide bonds. The van der Waals surface area contributed by atoms with E-state index in [1.165, 1.54) is 45.2 Å². The molecule has 0 aliphatic rings. The number of carbonyl (C=O) groups is 4. The van der Waals surface area contributed by atoms with Gasteiger partial charge < -0.3 is 10.1 Å². The molecule has 34 heavy (non-hydrogen) atoms. The van der Waals surface area contributed by atoms with Crippen LogP contribution in [0.25, 0.3) is 0 Å². The predicted octanol–water partition coefficient (Wildman–Crippen LogP) is 2.00. The van der Waals surface area contributed by atoms with Crippen LogP contribution in [0.15, 0.2) is 53.4 Å². The molecule has 0 unspecified atom stereocenters. The van der Waals surface area contributed by atoms with E-state index in [9.17, 15) is 27.6 Å². The molecule has 0 aliphatic carbocycles. The molecular formula is C24H28N2O7S. The van der Waals surface area contributed by atoms with Crippen LogP contribution in [0.4, 0.5) is 0 Å². The summed E-state index contributed by atoms with van der Waals surface area (Å²) in [5.74, 6) is -1.55. The van der Waals surface area contributed by atoms with Gasteiger partial charge >= 0.3 is 5.97 Å². The van der Waals surface area contributed by atoms with Crippen LogP contribution in [0.3, 0.4) is 0 Å². The lowest BCUT2D eigenvalue weighted by molar-refractivity contribution is -0.142. The molecule has 0 bridgehead atoms. The van der Waals surface area contributed by atoms with Crippen LogP contribution in [-0.2, 0) is 30.8 Å². The minimum Gasteiger partial charge on any atom is -0.456 e. The Morgan fingerprint density at radius 1 is 0.912 bits per heavy atom. The third-order valence-corrected chi connectivity index (χ3v) is 6.79. The summed E-state index contributed by atoms with van der Waals surface area (Å²) in [6, 6.07) is 12.2. The monoisotopic (exact) mass is 488 g/mol. The molecule has 1 N–H and O–H groups in total. The summed E-state index contributed by atoms with van der Waals surface area (Å²) in [6.45, 7) is 2.32. The minimum absolute atomic E-state index is 0.0685. The number of sulfonamides is 1. The van der Waals surface area contributed by atoms with Crippen molar-refractivity contribution in [3.63, 3.8) is 0 Å². The van der Waals surface area contributed by atoms with Gasteiger partial charge in [0.15, 0.2) is 18.2 Å². The van der Waals surface area contributed by atoms with Gasteiger partial charge in [-0.25, -0.2) is 8.42 Å². The third kappa shape index (κ3) is 7.89. The number of hydrogen-bond acceptors (Lipinski definition) is 7. The van der Waals surface area contributed by atoms with E-state index in [0.29, 0.717) is 17.7 Å². The number of ketones is 2. The van der Waals surface area contributed by atoms with Gasteiger partial charge in [-0.1, -0.05) is 36.4 Å². The highest BCUT2D eigenvalue weighted by Gasteiger charge is 2.24. The summed E-state index contributed by atoms with van der Waals surface area (Å²) in [4.78, 5) is 46.5. The number of rotatable bonds is 12. The average Bonchev–Trinajstić information content (AvgIpc) is 2.80. The SMILES string of the molecule is CC(=O)NCCCc1ccc(C(=O)COC(=O)CN(C)S(=O)(=O)c2ccc(C(C)=O)cc2)cc1. The number of nitrogens with zero attached hydrogens (tertiary/aromatic N) is 1. The molecule has 0 saturated heterocycles. The van der Waals surface area contributed by atoms with Crippen LogP contribution in [0.5, 0.6) is 0 Å². The zero-order valence-corrected chi connectivity index (χ0v) is 20.2. The number of carbonyl (C=O) groups excluding carboxylic acids is 4. The molecule has 2 rings (SSSR count). The number of ether oxygens (including phenoxy) is 1. The highest BCUT2D eigenvalue weighted by molar-refractivity contribution is 7.89. The van der Waals surface area contributed by atoms with Crippen molar-refractivity contribution in [1.82, 2.24) is 9.62 Å². The van der Waals surface area contributed by atoms with E-state index in [-0.39, 0.29) is 16.6 Å². The number of benzene rings is 2. The molecule has 0 spiro atoms. The molecule has 0 fully saturated rings. The van der Waals surface area contributed by atoms with Crippen molar-refractivity contribution in [2.45, 2.75) is 31.6 Å². The van der Waals surface area contributed by atoms with E-state index >= 15 is 0 Å². The summed E-state index contributed by atoms with van der Waals surface area (Å²) in [7, 11) is -2.75. The second-order valence-corrected chi connectivity index (χ2v) is 9.75. The van der Waals surface area contributed by atoms with Crippen molar-refractivity contribution in [2.24, 2.45) is 0 Å².